The Labute approximate surface area is 293 Å². The molecule has 3 aromatic heterocycles. The summed E-state index contributed by atoms with van der Waals surface area (Å²) in [6.07, 6.45) is 4.55. The van der Waals surface area contributed by atoms with E-state index in [1.165, 1.54) is 29.1 Å². The molecule has 0 saturated carbocycles. The van der Waals surface area contributed by atoms with Crippen molar-refractivity contribution in [2.24, 2.45) is 11.3 Å². The van der Waals surface area contributed by atoms with Crippen molar-refractivity contribution in [2.75, 3.05) is 37.7 Å². The van der Waals surface area contributed by atoms with Gasteiger partial charge in [-0.3, -0.25) is 14.7 Å². The third-order valence-corrected chi connectivity index (χ3v) is 11.1. The van der Waals surface area contributed by atoms with Gasteiger partial charge >= 0.3 is 6.01 Å². The topological polar surface area (TPSA) is 110 Å². The van der Waals surface area contributed by atoms with E-state index in [2.05, 4.69) is 20.0 Å². The minimum absolute atomic E-state index is 0.0724. The Hall–Kier alpha value is -4.78. The molecule has 2 aromatic carbocycles. The summed E-state index contributed by atoms with van der Waals surface area (Å²) in [7, 11) is 0. The molecule has 0 aliphatic carbocycles. The number of ether oxygens (including phenoxy) is 1. The first kappa shape index (κ1) is 33.4. The third-order valence-electron chi connectivity index (χ3n) is 11.1. The number of phenols is 1. The average molecular weight is 700 g/mol. The maximum Gasteiger partial charge on any atom is 0.319 e. The summed E-state index contributed by atoms with van der Waals surface area (Å²) >= 11 is 0. The minimum atomic E-state index is -0.956. The van der Waals surface area contributed by atoms with Gasteiger partial charge in [-0.15, -0.1) is 0 Å². The standard InChI is InChI=1S/C38H40F3N7O3/c1-5-25-29(40)8-7-22-13-24(49)14-26(30(22)25)32-31(41)33-27(16-42-32)34(44-36(43-33)51-20-38-10-6-11-47(38)17-23(39)15-38)46-18-28(37(3,4)19-46)35(50)48-12-9-21(2)45-48/h7-9,12-14,16,23,28,49H,5-6,10-11,15,17-20H2,1-4H3/t23-,28?,38+/m1/s1. The van der Waals surface area contributed by atoms with Gasteiger partial charge in [0.05, 0.1) is 22.5 Å². The number of pyridine rings is 1. The molecule has 0 bridgehead atoms. The lowest BCUT2D eigenvalue weighted by Crippen LogP contribution is -2.43. The first-order valence-corrected chi connectivity index (χ1v) is 17.5. The molecule has 3 aliphatic rings. The molecule has 3 fully saturated rings. The van der Waals surface area contributed by atoms with Crippen molar-refractivity contribution in [3.63, 3.8) is 0 Å². The van der Waals surface area contributed by atoms with Crippen LogP contribution in [0.5, 0.6) is 11.8 Å². The molecular formula is C38H40F3N7O3. The van der Waals surface area contributed by atoms with Crippen LogP contribution in [0.15, 0.2) is 42.7 Å². The van der Waals surface area contributed by atoms with E-state index in [0.29, 0.717) is 53.5 Å². The Morgan fingerprint density at radius 1 is 1.14 bits per heavy atom. The van der Waals surface area contributed by atoms with Crippen LogP contribution in [0.3, 0.4) is 0 Å². The number of carbonyl (C=O) groups is 1. The van der Waals surface area contributed by atoms with Gasteiger partial charge in [-0.2, -0.15) is 15.1 Å². The van der Waals surface area contributed by atoms with Crippen molar-refractivity contribution in [1.29, 1.82) is 0 Å². The number of aromatic hydroxyl groups is 1. The summed E-state index contributed by atoms with van der Waals surface area (Å²) in [6, 6.07) is 7.48. The third kappa shape index (κ3) is 5.56. The number of rotatable bonds is 7. The van der Waals surface area contributed by atoms with Gasteiger partial charge in [0.1, 0.15) is 41.4 Å². The van der Waals surface area contributed by atoms with Crippen molar-refractivity contribution in [3.8, 4) is 23.0 Å². The van der Waals surface area contributed by atoms with Crippen LogP contribution in [0.1, 0.15) is 56.1 Å². The molecule has 3 aliphatic heterocycles. The SMILES string of the molecule is CCc1c(F)ccc2cc(O)cc(-c3ncc4c(N5CC(C(=O)n6ccc(C)n6)C(C)(C)C5)nc(OC[C@@]56CCCN5C[C@H](F)C6)nc4c3F)c12. The molecule has 51 heavy (non-hydrogen) atoms. The Morgan fingerprint density at radius 3 is 2.73 bits per heavy atom. The number of fused-ring (bicyclic) bond motifs is 3. The molecule has 8 rings (SSSR count). The van der Waals surface area contributed by atoms with E-state index in [1.807, 2.05) is 32.6 Å². The van der Waals surface area contributed by atoms with E-state index in [-0.39, 0.29) is 47.6 Å². The fraction of sp³-hybridized carbons (Fsp3) is 0.447. The Balaban J connectivity index is 1.26. The van der Waals surface area contributed by atoms with Crippen LogP contribution < -0.4 is 9.64 Å². The molecule has 3 saturated heterocycles. The zero-order valence-corrected chi connectivity index (χ0v) is 29.1. The summed E-state index contributed by atoms with van der Waals surface area (Å²) < 4.78 is 54.4. The number of alkyl halides is 1. The predicted octanol–water partition coefficient (Wildman–Crippen LogP) is 6.65. The van der Waals surface area contributed by atoms with Crippen LogP contribution in [0.2, 0.25) is 0 Å². The number of anilines is 1. The minimum Gasteiger partial charge on any atom is -0.508 e. The van der Waals surface area contributed by atoms with E-state index >= 15 is 8.78 Å². The van der Waals surface area contributed by atoms with Crippen molar-refractivity contribution in [3.05, 3.63) is 65.6 Å². The molecule has 3 atom stereocenters. The van der Waals surface area contributed by atoms with E-state index in [0.717, 1.165) is 25.1 Å². The van der Waals surface area contributed by atoms with Gasteiger partial charge in [-0.05, 0) is 78.7 Å². The smallest absolute Gasteiger partial charge is 0.319 e. The number of benzene rings is 2. The molecule has 1 N–H and O–H groups in total. The fourth-order valence-corrected chi connectivity index (χ4v) is 8.60. The molecule has 10 nitrogen and oxygen atoms in total. The van der Waals surface area contributed by atoms with E-state index in [1.54, 1.807) is 18.3 Å². The zero-order valence-electron chi connectivity index (χ0n) is 29.1. The monoisotopic (exact) mass is 699 g/mol. The molecule has 1 unspecified atom stereocenters. The van der Waals surface area contributed by atoms with Gasteiger partial charge in [0.15, 0.2) is 5.82 Å². The summed E-state index contributed by atoms with van der Waals surface area (Å²) in [5.74, 6) is -1.62. The second-order valence-electron chi connectivity index (χ2n) is 15.0. The molecule has 0 amide bonds. The highest BCUT2D eigenvalue weighted by Gasteiger charge is 2.50. The number of hydrogen-bond acceptors (Lipinski definition) is 9. The van der Waals surface area contributed by atoms with E-state index in [4.69, 9.17) is 9.72 Å². The van der Waals surface area contributed by atoms with Crippen LogP contribution >= 0.6 is 0 Å². The van der Waals surface area contributed by atoms with Gasteiger partial charge in [-0.25, -0.2) is 17.9 Å². The average Bonchev–Trinajstić information content (AvgIpc) is 3.85. The molecular weight excluding hydrogens is 659 g/mol. The summed E-state index contributed by atoms with van der Waals surface area (Å²) in [5, 5.41) is 16.3. The molecule has 266 valence electrons. The molecule has 5 aromatic rings. The van der Waals surface area contributed by atoms with Crippen molar-refractivity contribution in [1.82, 2.24) is 29.6 Å². The Kier molecular flexibility index (Phi) is 7.97. The number of hydrogen-bond donors (Lipinski definition) is 1. The first-order valence-electron chi connectivity index (χ1n) is 17.5. The van der Waals surface area contributed by atoms with Crippen molar-refractivity contribution in [2.45, 2.75) is 65.1 Å². The van der Waals surface area contributed by atoms with Gasteiger partial charge in [0.25, 0.3) is 5.91 Å². The van der Waals surface area contributed by atoms with E-state index in [9.17, 15) is 14.3 Å². The number of aryl methyl sites for hydroxylation is 2. The van der Waals surface area contributed by atoms with Crippen molar-refractivity contribution < 1.29 is 27.8 Å². The summed E-state index contributed by atoms with van der Waals surface area (Å²) in [4.78, 5) is 31.7. The Bertz CT molecular complexity index is 2210. The highest BCUT2D eigenvalue weighted by Crippen LogP contribution is 2.44. The number of halogens is 3. The fourth-order valence-electron chi connectivity index (χ4n) is 8.60. The van der Waals surface area contributed by atoms with Crippen LogP contribution in [-0.2, 0) is 6.42 Å². The number of aromatic nitrogens is 5. The maximum absolute atomic E-state index is 17.1. The molecule has 0 radical (unpaired) electrons. The Morgan fingerprint density at radius 2 is 1.96 bits per heavy atom. The van der Waals surface area contributed by atoms with Gasteiger partial charge < -0.3 is 14.7 Å². The first-order chi connectivity index (χ1) is 24.4. The second-order valence-corrected chi connectivity index (χ2v) is 15.0. The largest absolute Gasteiger partial charge is 0.508 e. The zero-order chi connectivity index (χ0) is 35.8. The lowest BCUT2D eigenvalue weighted by atomic mass is 9.81. The van der Waals surface area contributed by atoms with Gasteiger partial charge in [0, 0.05) is 44.0 Å². The van der Waals surface area contributed by atoms with Crippen LogP contribution in [0, 0.1) is 29.9 Å². The number of carbonyl (C=O) groups excluding carboxylic acids is 1. The normalized spacial score (nSPS) is 23.1. The van der Waals surface area contributed by atoms with Crippen LogP contribution in [0.25, 0.3) is 32.9 Å². The predicted molar refractivity (Wildman–Crippen MR) is 187 cm³/mol. The lowest BCUT2D eigenvalue weighted by Gasteiger charge is -2.31. The summed E-state index contributed by atoms with van der Waals surface area (Å²) in [6.45, 7) is 9.60. The highest BCUT2D eigenvalue weighted by molar-refractivity contribution is 6.02. The van der Waals surface area contributed by atoms with Gasteiger partial charge in [-0.1, -0.05) is 26.8 Å². The van der Waals surface area contributed by atoms with Crippen LogP contribution in [-0.4, -0.2) is 85.1 Å². The van der Waals surface area contributed by atoms with Crippen molar-refractivity contribution >= 4 is 33.4 Å². The van der Waals surface area contributed by atoms with Gasteiger partial charge in [0.2, 0.25) is 0 Å². The quantitative estimate of drug-likeness (QED) is 0.200. The number of nitrogens with zero attached hydrogens (tertiary/aromatic N) is 7. The molecule has 0 spiro atoms. The highest BCUT2D eigenvalue weighted by atomic mass is 19.1. The molecule has 6 heterocycles. The summed E-state index contributed by atoms with van der Waals surface area (Å²) in [5.41, 5.74) is 0.151. The van der Waals surface area contributed by atoms with E-state index < -0.39 is 34.7 Å². The molecule has 13 heteroatoms. The maximum atomic E-state index is 17.1. The lowest BCUT2D eigenvalue weighted by molar-refractivity contribution is 0.0751. The van der Waals surface area contributed by atoms with Crippen LogP contribution in [0.4, 0.5) is 19.0 Å². The number of phenolic OH excluding ortho intramolecular Hbond substituents is 1. The second kappa shape index (κ2) is 12.2.